The number of Topliss-reactive ketones (excluding diaryl/α,β-unsaturated/α-hetero) is 1. The zero-order chi connectivity index (χ0) is 9.61. The largest absolute Gasteiger partial charge is 0.305 e. The second-order valence-corrected chi connectivity index (χ2v) is 3.25. The minimum absolute atomic E-state index is 0.200. The van der Waals surface area contributed by atoms with Gasteiger partial charge in [-0.25, -0.2) is 0 Å². The molecule has 2 heteroatoms. The van der Waals surface area contributed by atoms with Crippen LogP contribution in [0, 0.1) is 0 Å². The van der Waals surface area contributed by atoms with Crippen molar-refractivity contribution in [3.63, 3.8) is 0 Å². The Morgan fingerprint density at radius 2 is 2.25 bits per heavy atom. The molecule has 0 aromatic heterocycles. The van der Waals surface area contributed by atoms with E-state index in [0.29, 0.717) is 0 Å². The quantitative estimate of drug-likeness (QED) is 0.615. The number of hydrogen-bond acceptors (Lipinski definition) is 2. The maximum Gasteiger partial charge on any atom is 0.149 e. The summed E-state index contributed by atoms with van der Waals surface area (Å²) in [5.74, 6) is 0.200. The van der Waals surface area contributed by atoms with Crippen molar-refractivity contribution >= 4 is 5.78 Å². The Morgan fingerprint density at radius 1 is 1.67 bits per heavy atom. The van der Waals surface area contributed by atoms with Gasteiger partial charge >= 0.3 is 0 Å². The summed E-state index contributed by atoms with van der Waals surface area (Å²) < 4.78 is 0. The lowest BCUT2D eigenvalue weighted by molar-refractivity contribution is -0.122. The predicted molar refractivity (Wildman–Crippen MR) is 52.2 cm³/mol. The van der Waals surface area contributed by atoms with E-state index < -0.39 is 0 Å². The summed E-state index contributed by atoms with van der Waals surface area (Å²) in [7, 11) is 0. The van der Waals surface area contributed by atoms with Gasteiger partial charge in [0, 0.05) is 0 Å². The van der Waals surface area contributed by atoms with Crippen LogP contribution in [0.5, 0.6) is 0 Å². The Bertz CT molecular complexity index is 165. The first kappa shape index (κ1) is 11.4. The SMILES string of the molecule is C=CCCC(C)(NCC)C(C)=O. The maximum absolute atomic E-state index is 11.3. The smallest absolute Gasteiger partial charge is 0.149 e. The van der Waals surface area contributed by atoms with Gasteiger partial charge in [-0.15, -0.1) is 6.58 Å². The van der Waals surface area contributed by atoms with E-state index in [0.717, 1.165) is 19.4 Å². The summed E-state index contributed by atoms with van der Waals surface area (Å²) >= 11 is 0. The lowest BCUT2D eigenvalue weighted by Gasteiger charge is -2.27. The maximum atomic E-state index is 11.3. The van der Waals surface area contributed by atoms with Gasteiger partial charge in [-0.1, -0.05) is 13.0 Å². The molecule has 0 saturated heterocycles. The molecule has 0 spiro atoms. The van der Waals surface area contributed by atoms with Crippen LogP contribution in [0.4, 0.5) is 0 Å². The van der Waals surface area contributed by atoms with Crippen molar-refractivity contribution in [2.24, 2.45) is 0 Å². The fourth-order valence-corrected chi connectivity index (χ4v) is 1.17. The van der Waals surface area contributed by atoms with Crippen molar-refractivity contribution in [1.82, 2.24) is 5.32 Å². The Labute approximate surface area is 75.0 Å². The van der Waals surface area contributed by atoms with Gasteiger partial charge in [0.1, 0.15) is 5.78 Å². The number of likely N-dealkylation sites (N-methyl/N-ethyl adjacent to an activating group) is 1. The third kappa shape index (κ3) is 3.18. The molecule has 0 fully saturated rings. The first-order valence-electron chi connectivity index (χ1n) is 4.43. The molecule has 0 aromatic rings. The summed E-state index contributed by atoms with van der Waals surface area (Å²) in [4.78, 5) is 11.3. The molecule has 1 atom stereocenters. The summed E-state index contributed by atoms with van der Waals surface area (Å²) in [5.41, 5.74) is -0.358. The molecule has 1 unspecified atom stereocenters. The zero-order valence-electron chi connectivity index (χ0n) is 8.31. The van der Waals surface area contributed by atoms with Crippen LogP contribution in [-0.4, -0.2) is 17.9 Å². The molecule has 0 aliphatic carbocycles. The van der Waals surface area contributed by atoms with E-state index in [-0.39, 0.29) is 11.3 Å². The lowest BCUT2D eigenvalue weighted by atomic mass is 9.91. The van der Waals surface area contributed by atoms with Gasteiger partial charge in [0.15, 0.2) is 0 Å². The molecule has 70 valence electrons. The van der Waals surface area contributed by atoms with Crippen LogP contribution >= 0.6 is 0 Å². The molecule has 0 aliphatic rings. The molecule has 0 aromatic carbocycles. The lowest BCUT2D eigenvalue weighted by Crippen LogP contribution is -2.48. The molecular formula is C10H19NO. The fourth-order valence-electron chi connectivity index (χ4n) is 1.17. The average molecular weight is 169 g/mol. The van der Waals surface area contributed by atoms with Crippen molar-refractivity contribution in [3.05, 3.63) is 12.7 Å². The van der Waals surface area contributed by atoms with Gasteiger partial charge < -0.3 is 5.32 Å². The average Bonchev–Trinajstić information content (AvgIpc) is 2.01. The van der Waals surface area contributed by atoms with Gasteiger partial charge in [0.2, 0.25) is 0 Å². The van der Waals surface area contributed by atoms with Crippen LogP contribution in [0.3, 0.4) is 0 Å². The third-order valence-corrected chi connectivity index (χ3v) is 2.19. The number of allylic oxidation sites excluding steroid dienone is 1. The number of carbonyl (C=O) groups excluding carboxylic acids is 1. The van der Waals surface area contributed by atoms with Crippen LogP contribution in [-0.2, 0) is 4.79 Å². The number of hydrogen-bond donors (Lipinski definition) is 1. The second-order valence-electron chi connectivity index (χ2n) is 3.25. The molecule has 0 heterocycles. The van der Waals surface area contributed by atoms with Gasteiger partial charge in [-0.3, -0.25) is 4.79 Å². The number of nitrogens with one attached hydrogen (secondary N) is 1. The first-order valence-corrected chi connectivity index (χ1v) is 4.43. The van der Waals surface area contributed by atoms with Gasteiger partial charge in [-0.05, 0) is 33.2 Å². The number of rotatable bonds is 6. The summed E-state index contributed by atoms with van der Waals surface area (Å²) in [6.45, 7) is 10.1. The Morgan fingerprint density at radius 3 is 2.58 bits per heavy atom. The zero-order valence-corrected chi connectivity index (χ0v) is 8.31. The standard InChI is InChI=1S/C10H19NO/c1-5-7-8-10(4,9(3)12)11-6-2/h5,11H,1,6-8H2,2-4H3. The van der Waals surface area contributed by atoms with Crippen LogP contribution in [0.25, 0.3) is 0 Å². The Balaban J connectivity index is 4.17. The van der Waals surface area contributed by atoms with E-state index in [1.54, 1.807) is 6.92 Å². The van der Waals surface area contributed by atoms with Gasteiger partial charge in [0.05, 0.1) is 5.54 Å². The molecule has 0 radical (unpaired) electrons. The fraction of sp³-hybridized carbons (Fsp3) is 0.700. The van der Waals surface area contributed by atoms with Crippen molar-refractivity contribution in [2.45, 2.75) is 39.2 Å². The van der Waals surface area contributed by atoms with Crippen LogP contribution in [0.1, 0.15) is 33.6 Å². The van der Waals surface area contributed by atoms with Crippen molar-refractivity contribution in [1.29, 1.82) is 0 Å². The molecular weight excluding hydrogens is 150 g/mol. The van der Waals surface area contributed by atoms with Gasteiger partial charge in [-0.2, -0.15) is 0 Å². The normalized spacial score (nSPS) is 15.2. The topological polar surface area (TPSA) is 29.1 Å². The van der Waals surface area contributed by atoms with E-state index >= 15 is 0 Å². The van der Waals surface area contributed by atoms with Crippen molar-refractivity contribution < 1.29 is 4.79 Å². The molecule has 1 N–H and O–H groups in total. The predicted octanol–water partition coefficient (Wildman–Crippen LogP) is 1.91. The highest BCUT2D eigenvalue weighted by Crippen LogP contribution is 2.13. The molecule has 12 heavy (non-hydrogen) atoms. The first-order chi connectivity index (χ1) is 5.56. The Hall–Kier alpha value is -0.630. The van der Waals surface area contributed by atoms with Crippen molar-refractivity contribution in [2.75, 3.05) is 6.54 Å². The number of carbonyl (C=O) groups is 1. The Kier molecular flexibility index (Phi) is 4.83. The molecule has 0 rings (SSSR count). The van der Waals surface area contributed by atoms with E-state index in [4.69, 9.17) is 0 Å². The van der Waals surface area contributed by atoms with Crippen LogP contribution < -0.4 is 5.32 Å². The van der Waals surface area contributed by atoms with Crippen LogP contribution in [0.15, 0.2) is 12.7 Å². The molecule has 2 nitrogen and oxygen atoms in total. The minimum Gasteiger partial charge on any atom is -0.305 e. The highest BCUT2D eigenvalue weighted by atomic mass is 16.1. The summed E-state index contributed by atoms with van der Waals surface area (Å²) in [6.07, 6.45) is 3.56. The highest BCUT2D eigenvalue weighted by molar-refractivity contribution is 5.85. The van der Waals surface area contributed by atoms with Gasteiger partial charge in [0.25, 0.3) is 0 Å². The second kappa shape index (κ2) is 5.09. The monoisotopic (exact) mass is 169 g/mol. The van der Waals surface area contributed by atoms with E-state index in [1.807, 2.05) is 19.9 Å². The third-order valence-electron chi connectivity index (χ3n) is 2.19. The minimum atomic E-state index is -0.358. The van der Waals surface area contributed by atoms with E-state index in [9.17, 15) is 4.79 Å². The molecule has 0 amide bonds. The summed E-state index contributed by atoms with van der Waals surface area (Å²) in [6, 6.07) is 0. The number of ketones is 1. The molecule has 0 bridgehead atoms. The molecule has 0 saturated carbocycles. The highest BCUT2D eigenvalue weighted by Gasteiger charge is 2.26. The van der Waals surface area contributed by atoms with Crippen LogP contribution in [0.2, 0.25) is 0 Å². The molecule has 0 aliphatic heterocycles. The van der Waals surface area contributed by atoms with Crippen molar-refractivity contribution in [3.8, 4) is 0 Å². The summed E-state index contributed by atoms with van der Waals surface area (Å²) in [5, 5.41) is 3.20. The van der Waals surface area contributed by atoms with E-state index in [1.165, 1.54) is 0 Å². The van der Waals surface area contributed by atoms with E-state index in [2.05, 4.69) is 11.9 Å².